The van der Waals surface area contributed by atoms with Gasteiger partial charge in [0, 0.05) is 20.1 Å². The fraction of sp³-hybridized carbons (Fsp3) is 0.941. The van der Waals surface area contributed by atoms with Crippen LogP contribution in [0.25, 0.3) is 0 Å². The number of rotatable bonds is 6. The predicted molar refractivity (Wildman–Crippen MR) is 95.6 cm³/mol. The van der Waals surface area contributed by atoms with Gasteiger partial charge in [0.1, 0.15) is 0 Å². The minimum Gasteiger partial charge on any atom is -0.434 e. The summed E-state index contributed by atoms with van der Waals surface area (Å²) in [5, 5.41) is 8.79. The first-order valence-corrected chi connectivity index (χ1v) is 11.3. The van der Waals surface area contributed by atoms with Gasteiger partial charge in [-0.2, -0.15) is 17.5 Å². The summed E-state index contributed by atoms with van der Waals surface area (Å²) in [5.74, 6) is 0.394. The molecule has 1 aliphatic carbocycles. The Balaban J connectivity index is 1.52. The number of ether oxygens (including phenoxy) is 2. The number of hydrogen-bond acceptors (Lipinski definition) is 6. The number of likely N-dealkylation sites (N-methyl/N-ethyl adjacent to an activating group) is 1. The molecule has 0 bridgehead atoms. The fourth-order valence-electron chi connectivity index (χ4n) is 3.83. The van der Waals surface area contributed by atoms with Crippen molar-refractivity contribution >= 4 is 16.1 Å². The van der Waals surface area contributed by atoms with E-state index in [0.29, 0.717) is 19.3 Å². The van der Waals surface area contributed by atoms with Crippen LogP contribution in [-0.4, -0.2) is 91.8 Å². The number of halogens is 3. The van der Waals surface area contributed by atoms with E-state index in [-0.39, 0.29) is 37.4 Å². The lowest BCUT2D eigenvalue weighted by Crippen LogP contribution is -2.49. The molecule has 2 unspecified atom stereocenters. The molecule has 3 fully saturated rings. The van der Waals surface area contributed by atoms with Gasteiger partial charge in [-0.25, -0.2) is 13.2 Å². The highest BCUT2D eigenvalue weighted by molar-refractivity contribution is 7.89. The molecule has 3 rings (SSSR count). The fourth-order valence-corrected chi connectivity index (χ4v) is 5.58. The number of amides is 1. The van der Waals surface area contributed by atoms with E-state index in [0.717, 1.165) is 17.7 Å². The van der Waals surface area contributed by atoms with E-state index in [4.69, 9.17) is 9.84 Å². The number of carbonyl (C=O) groups excluding carboxylic acids is 1. The standard InChI is InChI=1S/C17H27F3N2O6S/c1-21(29(25,26)11-12-2-3-12)13-8-16(27-10-13)4-6-22(7-5-16)15(24)28-14(9-23)17(18,19)20/h12-14,23H,2-11H2,1H3. The van der Waals surface area contributed by atoms with Gasteiger partial charge in [0.15, 0.2) is 0 Å². The van der Waals surface area contributed by atoms with E-state index < -0.39 is 40.6 Å². The normalized spacial score (nSPS) is 26.1. The molecular formula is C17H27F3N2O6S. The second kappa shape index (κ2) is 8.20. The summed E-state index contributed by atoms with van der Waals surface area (Å²) in [4.78, 5) is 13.2. The average molecular weight is 444 g/mol. The van der Waals surface area contributed by atoms with Gasteiger partial charge in [0.2, 0.25) is 16.1 Å². The Kier molecular flexibility index (Phi) is 6.38. The van der Waals surface area contributed by atoms with Crippen LogP contribution in [0.5, 0.6) is 0 Å². The van der Waals surface area contributed by atoms with Crippen LogP contribution < -0.4 is 0 Å². The van der Waals surface area contributed by atoms with Gasteiger partial charge in [-0.05, 0) is 38.0 Å². The molecule has 12 heteroatoms. The van der Waals surface area contributed by atoms with Crippen molar-refractivity contribution in [3.8, 4) is 0 Å². The molecule has 1 N–H and O–H groups in total. The number of hydrogen-bond donors (Lipinski definition) is 1. The van der Waals surface area contributed by atoms with Crippen LogP contribution in [0.4, 0.5) is 18.0 Å². The smallest absolute Gasteiger partial charge is 0.427 e. The lowest BCUT2D eigenvalue weighted by atomic mass is 9.87. The minimum atomic E-state index is -4.83. The molecule has 2 heterocycles. The second-order valence-electron chi connectivity index (χ2n) is 8.17. The van der Waals surface area contributed by atoms with Crippen molar-refractivity contribution < 1.29 is 41.0 Å². The van der Waals surface area contributed by atoms with E-state index in [1.54, 1.807) is 7.05 Å². The maximum absolute atomic E-state index is 12.7. The van der Waals surface area contributed by atoms with Crippen molar-refractivity contribution in [3.05, 3.63) is 0 Å². The third kappa shape index (κ3) is 5.33. The zero-order valence-electron chi connectivity index (χ0n) is 16.2. The molecule has 1 spiro atoms. The van der Waals surface area contributed by atoms with Gasteiger partial charge in [-0.1, -0.05) is 0 Å². The summed E-state index contributed by atoms with van der Waals surface area (Å²) in [6.45, 7) is -0.800. The summed E-state index contributed by atoms with van der Waals surface area (Å²) < 4.78 is 74.6. The molecule has 0 aromatic carbocycles. The van der Waals surface area contributed by atoms with Crippen LogP contribution in [0.1, 0.15) is 32.1 Å². The number of sulfonamides is 1. The number of nitrogens with zero attached hydrogens (tertiary/aromatic N) is 2. The first-order valence-electron chi connectivity index (χ1n) is 9.68. The topological polar surface area (TPSA) is 96.4 Å². The summed E-state index contributed by atoms with van der Waals surface area (Å²) in [6.07, 6.45) is -5.39. The average Bonchev–Trinajstić information content (AvgIpc) is 3.36. The Labute approximate surface area is 168 Å². The van der Waals surface area contributed by atoms with E-state index in [9.17, 15) is 26.4 Å². The van der Waals surface area contributed by atoms with Crippen molar-refractivity contribution in [2.24, 2.45) is 5.92 Å². The van der Waals surface area contributed by atoms with Crippen LogP contribution >= 0.6 is 0 Å². The largest absolute Gasteiger partial charge is 0.434 e. The Bertz CT molecular complexity index is 704. The number of likely N-dealkylation sites (tertiary alicyclic amines) is 1. The van der Waals surface area contributed by atoms with Gasteiger partial charge < -0.3 is 19.5 Å². The van der Waals surface area contributed by atoms with Gasteiger partial charge in [0.25, 0.3) is 0 Å². The second-order valence-corrected chi connectivity index (χ2v) is 10.2. The molecule has 2 atom stereocenters. The highest BCUT2D eigenvalue weighted by Gasteiger charge is 2.48. The number of aliphatic hydroxyl groups excluding tert-OH is 1. The first-order chi connectivity index (χ1) is 13.5. The lowest BCUT2D eigenvalue weighted by Gasteiger charge is -2.38. The first kappa shape index (κ1) is 22.6. The zero-order chi connectivity index (χ0) is 21.4. The van der Waals surface area contributed by atoms with Crippen molar-refractivity contribution in [2.45, 2.75) is 56.0 Å². The Morgan fingerprint density at radius 3 is 2.48 bits per heavy atom. The molecule has 8 nitrogen and oxygen atoms in total. The SMILES string of the molecule is CN(C1COC2(CCN(C(=O)OC(CO)C(F)(F)F)CC2)C1)S(=O)(=O)CC1CC1. The molecule has 0 aromatic rings. The van der Waals surface area contributed by atoms with Gasteiger partial charge >= 0.3 is 12.3 Å². The minimum absolute atomic E-state index is 0.139. The Morgan fingerprint density at radius 2 is 1.97 bits per heavy atom. The van der Waals surface area contributed by atoms with E-state index in [2.05, 4.69) is 4.74 Å². The quantitative estimate of drug-likeness (QED) is 0.664. The molecule has 1 amide bonds. The van der Waals surface area contributed by atoms with Crippen LogP contribution in [0.2, 0.25) is 0 Å². The van der Waals surface area contributed by atoms with Crippen molar-refractivity contribution in [1.82, 2.24) is 9.21 Å². The zero-order valence-corrected chi connectivity index (χ0v) is 17.0. The Morgan fingerprint density at radius 1 is 1.34 bits per heavy atom. The molecule has 2 aliphatic heterocycles. The highest BCUT2D eigenvalue weighted by atomic mass is 32.2. The van der Waals surface area contributed by atoms with Crippen molar-refractivity contribution in [3.63, 3.8) is 0 Å². The Hall–Kier alpha value is -1.11. The lowest BCUT2D eigenvalue weighted by molar-refractivity contribution is -0.215. The van der Waals surface area contributed by atoms with Crippen LogP contribution in [0.15, 0.2) is 0 Å². The third-order valence-electron chi connectivity index (χ3n) is 5.99. The van der Waals surface area contributed by atoms with Crippen LogP contribution in [0.3, 0.4) is 0 Å². The summed E-state index contributed by atoms with van der Waals surface area (Å²) in [7, 11) is -1.79. The van der Waals surface area contributed by atoms with Crippen LogP contribution in [0, 0.1) is 5.92 Å². The maximum atomic E-state index is 12.7. The molecule has 3 aliphatic rings. The van der Waals surface area contributed by atoms with Crippen molar-refractivity contribution in [2.75, 3.05) is 39.1 Å². The molecule has 29 heavy (non-hydrogen) atoms. The molecule has 1 saturated carbocycles. The number of aliphatic hydroxyl groups is 1. The van der Waals surface area contributed by atoms with Gasteiger partial charge in [-0.15, -0.1) is 0 Å². The van der Waals surface area contributed by atoms with Crippen LogP contribution in [-0.2, 0) is 19.5 Å². The number of carbonyl (C=O) groups is 1. The van der Waals surface area contributed by atoms with E-state index in [1.165, 1.54) is 4.31 Å². The third-order valence-corrected chi connectivity index (χ3v) is 8.06. The molecule has 0 aromatic heterocycles. The number of piperidine rings is 1. The van der Waals surface area contributed by atoms with Gasteiger partial charge in [-0.3, -0.25) is 0 Å². The molecule has 2 saturated heterocycles. The summed E-state index contributed by atoms with van der Waals surface area (Å²) in [5.41, 5.74) is -0.592. The van der Waals surface area contributed by atoms with Gasteiger partial charge in [0.05, 0.1) is 30.6 Å². The summed E-state index contributed by atoms with van der Waals surface area (Å²) in [6, 6.07) is -0.291. The highest BCUT2D eigenvalue weighted by Crippen LogP contribution is 2.39. The maximum Gasteiger partial charge on any atom is 0.427 e. The van der Waals surface area contributed by atoms with Crippen molar-refractivity contribution in [1.29, 1.82) is 0 Å². The van der Waals surface area contributed by atoms with E-state index >= 15 is 0 Å². The molecular weight excluding hydrogens is 417 g/mol. The monoisotopic (exact) mass is 444 g/mol. The molecule has 0 radical (unpaired) electrons. The van der Waals surface area contributed by atoms with E-state index in [1.807, 2.05) is 0 Å². The summed E-state index contributed by atoms with van der Waals surface area (Å²) >= 11 is 0. The number of alkyl halides is 3. The molecule has 168 valence electrons. The predicted octanol–water partition coefficient (Wildman–Crippen LogP) is 1.34.